The second-order valence-corrected chi connectivity index (χ2v) is 16.6. The van der Waals surface area contributed by atoms with Crippen molar-refractivity contribution in [3.63, 3.8) is 0 Å². The van der Waals surface area contributed by atoms with Crippen molar-refractivity contribution < 1.29 is 29.0 Å². The average molecular weight is 775 g/mol. The number of likely N-dealkylation sites (tertiary alicyclic amines) is 2. The molecule has 8 rings (SSSR count). The van der Waals surface area contributed by atoms with Gasteiger partial charge < -0.3 is 40.2 Å². The fourth-order valence-electron chi connectivity index (χ4n) is 8.75. The molecule has 4 amide bonds. The Hall–Kier alpha value is -5.92. The van der Waals surface area contributed by atoms with Crippen molar-refractivity contribution in [2.75, 3.05) is 7.11 Å². The van der Waals surface area contributed by atoms with Gasteiger partial charge in [0.05, 0.1) is 43.0 Å². The molecule has 2 aliphatic carbocycles. The molecule has 8 atom stereocenters. The normalized spacial score (nSPS) is 24.3. The van der Waals surface area contributed by atoms with Gasteiger partial charge in [-0.2, -0.15) is 0 Å². The first-order chi connectivity index (χ1) is 27.4. The van der Waals surface area contributed by atoms with Crippen molar-refractivity contribution >= 4 is 36.2 Å². The lowest BCUT2D eigenvalue weighted by molar-refractivity contribution is -0.137. The standard InChI is InChI=1S/C43H50N8O6/c1-22(2)36(48-42(54)55)40(52)50-32-16-28(32)18-34(50)38-44-20-30(46-38)26-12-8-24(9-13-26)6-7-25-10-14-27(15-11-25)31-21-45-39(47-31)35-19-29-17-33(29)51(35)41(53)37(23(3)4)49-43(56)57-5/h6-15,20-23,28-29,32-37,48H,16-19H2,1-5H3,(H,44,46)(H,45,47)(H,49,56)(H,54,55)/b7-6+/t28-,29-,32-,33-,34+,35+,36+,37+/m1/s1. The highest BCUT2D eigenvalue weighted by Gasteiger charge is 2.57. The number of aromatic nitrogens is 4. The summed E-state index contributed by atoms with van der Waals surface area (Å²) in [5.74, 6) is 1.78. The summed E-state index contributed by atoms with van der Waals surface area (Å²) in [6.45, 7) is 7.53. The van der Waals surface area contributed by atoms with Gasteiger partial charge in [-0.1, -0.05) is 88.4 Å². The molecule has 2 saturated carbocycles. The zero-order valence-corrected chi connectivity index (χ0v) is 32.8. The third-order valence-electron chi connectivity index (χ3n) is 12.1. The molecule has 0 unspecified atom stereocenters. The van der Waals surface area contributed by atoms with Crippen LogP contribution >= 0.6 is 0 Å². The number of rotatable bonds is 12. The predicted octanol–water partition coefficient (Wildman–Crippen LogP) is 6.63. The van der Waals surface area contributed by atoms with Crippen LogP contribution in [0.25, 0.3) is 34.7 Å². The number of imidazole rings is 2. The predicted molar refractivity (Wildman–Crippen MR) is 213 cm³/mol. The molecule has 0 bridgehead atoms. The van der Waals surface area contributed by atoms with E-state index in [1.807, 2.05) is 80.1 Å². The monoisotopic (exact) mass is 774 g/mol. The lowest BCUT2D eigenvalue weighted by Gasteiger charge is -2.31. The van der Waals surface area contributed by atoms with Gasteiger partial charge in [0.25, 0.3) is 0 Å². The fraction of sp³-hybridized carbons (Fsp3) is 0.442. The number of hydrogen-bond donors (Lipinski definition) is 5. The largest absolute Gasteiger partial charge is 0.465 e. The lowest BCUT2D eigenvalue weighted by Crippen LogP contribution is -2.52. The number of benzene rings is 2. The number of carboxylic acid groups (broad SMARTS) is 1. The van der Waals surface area contributed by atoms with Crippen LogP contribution in [-0.2, 0) is 14.3 Å². The molecule has 4 fully saturated rings. The van der Waals surface area contributed by atoms with E-state index in [-0.39, 0.29) is 47.8 Å². The highest BCUT2D eigenvalue weighted by Crippen LogP contribution is 2.54. The SMILES string of the molecule is COC(=O)N[C@H](C(=O)N1[C@@H]2C[C@@H]2C[C@H]1c1ncc(-c2ccc(/C=C/c3ccc(-c4cnc([C@@H]5C[C@H]6C[C@H]6N5C(=O)[C@@H](NC(=O)O)C(C)C)[nH]4)cc3)cc2)[nH]1)C(C)C. The summed E-state index contributed by atoms with van der Waals surface area (Å²) < 4.78 is 4.78. The first kappa shape index (κ1) is 38.0. The second kappa shape index (κ2) is 15.2. The Balaban J connectivity index is 0.896. The van der Waals surface area contributed by atoms with Crippen LogP contribution in [0.2, 0.25) is 0 Å². The van der Waals surface area contributed by atoms with E-state index in [2.05, 4.69) is 49.9 Å². The first-order valence-corrected chi connectivity index (χ1v) is 19.9. The number of ether oxygens (including phenoxy) is 1. The summed E-state index contributed by atoms with van der Waals surface area (Å²) in [6, 6.07) is 14.8. The molecule has 4 aromatic rings. The summed E-state index contributed by atoms with van der Waals surface area (Å²) >= 11 is 0. The minimum absolute atomic E-state index is 0.0963. The van der Waals surface area contributed by atoms with Gasteiger partial charge in [0, 0.05) is 12.1 Å². The number of amides is 4. The van der Waals surface area contributed by atoms with Gasteiger partial charge >= 0.3 is 12.2 Å². The van der Waals surface area contributed by atoms with Crippen molar-refractivity contribution in [3.05, 3.63) is 83.7 Å². The number of piperidine rings is 2. The van der Waals surface area contributed by atoms with Gasteiger partial charge in [-0.15, -0.1) is 0 Å². The van der Waals surface area contributed by atoms with Crippen LogP contribution in [0.1, 0.15) is 88.2 Å². The summed E-state index contributed by atoms with van der Waals surface area (Å²) in [6.07, 6.45) is 9.51. The number of fused-ring (bicyclic) bond motifs is 2. The molecule has 4 heterocycles. The van der Waals surface area contributed by atoms with E-state index in [1.165, 1.54) is 7.11 Å². The summed E-state index contributed by atoms with van der Waals surface area (Å²) in [5.41, 5.74) is 5.77. The molecule has 14 heteroatoms. The number of carbonyl (C=O) groups excluding carboxylic acids is 3. The van der Waals surface area contributed by atoms with Gasteiger partial charge in [0.2, 0.25) is 11.8 Å². The summed E-state index contributed by atoms with van der Waals surface area (Å²) in [4.78, 5) is 70.8. The van der Waals surface area contributed by atoms with Crippen LogP contribution in [0, 0.1) is 23.7 Å². The highest BCUT2D eigenvalue weighted by molar-refractivity contribution is 5.88. The molecule has 4 aliphatic rings. The van der Waals surface area contributed by atoms with Crippen molar-refractivity contribution in [1.82, 2.24) is 40.4 Å². The van der Waals surface area contributed by atoms with Crippen molar-refractivity contribution in [1.29, 1.82) is 0 Å². The van der Waals surface area contributed by atoms with Crippen LogP contribution in [0.15, 0.2) is 60.9 Å². The first-order valence-electron chi connectivity index (χ1n) is 19.9. The highest BCUT2D eigenvalue weighted by atomic mass is 16.5. The summed E-state index contributed by atoms with van der Waals surface area (Å²) in [7, 11) is 1.30. The van der Waals surface area contributed by atoms with Crippen molar-refractivity contribution in [3.8, 4) is 22.5 Å². The maximum Gasteiger partial charge on any atom is 0.407 e. The number of nitrogens with zero attached hydrogens (tertiary/aromatic N) is 4. The Bertz CT molecular complexity index is 2170. The molecular formula is C43H50N8O6. The molecule has 2 aromatic carbocycles. The Morgan fingerprint density at radius 1 is 0.702 bits per heavy atom. The topological polar surface area (TPSA) is 186 Å². The van der Waals surface area contributed by atoms with Crippen LogP contribution in [0.4, 0.5) is 9.59 Å². The molecule has 2 saturated heterocycles. The van der Waals surface area contributed by atoms with E-state index < -0.39 is 24.3 Å². The quantitative estimate of drug-likeness (QED) is 0.0993. The number of carbonyl (C=O) groups is 4. The van der Waals surface area contributed by atoms with E-state index in [9.17, 15) is 24.3 Å². The Kier molecular flexibility index (Phi) is 10.1. The van der Waals surface area contributed by atoms with E-state index in [0.717, 1.165) is 71.0 Å². The average Bonchev–Trinajstić information content (AvgIpc) is 3.78. The number of alkyl carbamates (subject to hydrolysis) is 1. The molecule has 2 aromatic heterocycles. The molecule has 14 nitrogen and oxygen atoms in total. The van der Waals surface area contributed by atoms with Crippen molar-refractivity contribution in [2.24, 2.45) is 23.7 Å². The van der Waals surface area contributed by atoms with Crippen LogP contribution < -0.4 is 10.6 Å². The summed E-state index contributed by atoms with van der Waals surface area (Å²) in [5, 5.41) is 14.5. The molecule has 5 N–H and O–H groups in total. The molecule has 0 radical (unpaired) electrons. The zero-order chi connectivity index (χ0) is 40.1. The maximum absolute atomic E-state index is 13.7. The maximum atomic E-state index is 13.7. The third-order valence-corrected chi connectivity index (χ3v) is 12.1. The van der Waals surface area contributed by atoms with E-state index in [1.54, 1.807) is 6.20 Å². The smallest absolute Gasteiger partial charge is 0.407 e. The van der Waals surface area contributed by atoms with Crippen LogP contribution in [0.5, 0.6) is 0 Å². The van der Waals surface area contributed by atoms with Crippen LogP contribution in [-0.4, -0.2) is 90.1 Å². The van der Waals surface area contributed by atoms with Crippen molar-refractivity contribution in [2.45, 2.75) is 89.6 Å². The molecular weight excluding hydrogens is 725 g/mol. The van der Waals surface area contributed by atoms with Gasteiger partial charge in [-0.25, -0.2) is 19.6 Å². The van der Waals surface area contributed by atoms with Gasteiger partial charge in [-0.3, -0.25) is 9.59 Å². The van der Waals surface area contributed by atoms with E-state index in [4.69, 9.17) is 9.72 Å². The van der Waals surface area contributed by atoms with Gasteiger partial charge in [0.15, 0.2) is 0 Å². The molecule has 298 valence electrons. The van der Waals surface area contributed by atoms with Crippen LogP contribution in [0.3, 0.4) is 0 Å². The van der Waals surface area contributed by atoms with E-state index >= 15 is 0 Å². The Labute approximate surface area is 331 Å². The Morgan fingerprint density at radius 2 is 1.12 bits per heavy atom. The van der Waals surface area contributed by atoms with Gasteiger partial charge in [-0.05, 0) is 71.6 Å². The fourth-order valence-corrected chi connectivity index (χ4v) is 8.75. The lowest BCUT2D eigenvalue weighted by atomic mass is 10.0. The third kappa shape index (κ3) is 7.64. The number of methoxy groups -OCH3 is 1. The Morgan fingerprint density at radius 3 is 1.51 bits per heavy atom. The second-order valence-electron chi connectivity index (χ2n) is 16.6. The van der Waals surface area contributed by atoms with E-state index in [0.29, 0.717) is 11.8 Å². The number of hydrogen-bond acceptors (Lipinski definition) is 7. The number of aromatic amines is 2. The molecule has 57 heavy (non-hydrogen) atoms. The number of H-pyrrole nitrogens is 2. The minimum Gasteiger partial charge on any atom is -0.465 e. The van der Waals surface area contributed by atoms with Gasteiger partial charge in [0.1, 0.15) is 23.7 Å². The zero-order valence-electron chi connectivity index (χ0n) is 32.8. The number of nitrogens with one attached hydrogen (secondary N) is 4. The molecule has 2 aliphatic heterocycles. The molecule has 0 spiro atoms. The minimum atomic E-state index is -1.20.